The molecular formula is C24H25F2N7. The van der Waals surface area contributed by atoms with Gasteiger partial charge in [0.1, 0.15) is 5.82 Å². The highest BCUT2D eigenvalue weighted by molar-refractivity contribution is 5.77. The second kappa shape index (κ2) is 8.06. The normalized spacial score (nSPS) is 15.4. The summed E-state index contributed by atoms with van der Waals surface area (Å²) < 4.78 is 30.3. The van der Waals surface area contributed by atoms with Gasteiger partial charge in [-0.05, 0) is 17.5 Å². The lowest BCUT2D eigenvalue weighted by molar-refractivity contribution is -0.107. The third kappa shape index (κ3) is 4.35. The van der Waals surface area contributed by atoms with Crippen molar-refractivity contribution in [1.29, 1.82) is 0 Å². The molecule has 9 heteroatoms. The molecule has 7 nitrogen and oxygen atoms in total. The molecule has 5 rings (SSSR count). The van der Waals surface area contributed by atoms with E-state index in [2.05, 4.69) is 15.2 Å². The van der Waals surface area contributed by atoms with Crippen LogP contribution in [0.25, 0.3) is 33.6 Å². The fraction of sp³-hybridized carbons (Fsp3) is 0.333. The minimum Gasteiger partial charge on any atom is -0.359 e. The number of nitrogens with zero attached hydrogens (tertiary/aromatic N) is 7. The fourth-order valence-corrected chi connectivity index (χ4v) is 4.36. The Labute approximate surface area is 190 Å². The first-order valence-corrected chi connectivity index (χ1v) is 10.8. The summed E-state index contributed by atoms with van der Waals surface area (Å²) in [5, 5.41) is 8.51. The van der Waals surface area contributed by atoms with Crippen molar-refractivity contribution in [3.05, 3.63) is 55.2 Å². The van der Waals surface area contributed by atoms with Crippen LogP contribution in [0.4, 0.5) is 14.6 Å². The molecule has 0 bridgehead atoms. The van der Waals surface area contributed by atoms with Gasteiger partial charge in [-0.25, -0.2) is 18.7 Å². The van der Waals surface area contributed by atoms with Gasteiger partial charge in [-0.2, -0.15) is 10.2 Å². The molecule has 1 aliphatic rings. The van der Waals surface area contributed by atoms with E-state index in [0.29, 0.717) is 18.2 Å². The second-order valence-corrected chi connectivity index (χ2v) is 8.83. The highest BCUT2D eigenvalue weighted by Gasteiger charge is 2.45. The largest absolute Gasteiger partial charge is 0.359 e. The van der Waals surface area contributed by atoms with Gasteiger partial charge in [0.2, 0.25) is 5.92 Å². The minimum absolute atomic E-state index is 0.0564. The second-order valence-electron chi connectivity index (χ2n) is 8.83. The predicted octanol–water partition coefficient (Wildman–Crippen LogP) is 4.43. The molecule has 0 amide bonds. The summed E-state index contributed by atoms with van der Waals surface area (Å²) in [5.74, 6) is -1.32. The van der Waals surface area contributed by atoms with Gasteiger partial charge in [-0.15, -0.1) is 0 Å². The van der Waals surface area contributed by atoms with E-state index < -0.39 is 5.92 Å². The Hall–Kier alpha value is -3.62. The quantitative estimate of drug-likeness (QED) is 0.436. The number of aromatic nitrogens is 6. The maximum atomic E-state index is 13.4. The van der Waals surface area contributed by atoms with Gasteiger partial charge in [0.15, 0.2) is 5.82 Å². The van der Waals surface area contributed by atoms with Crippen LogP contribution in [0.15, 0.2) is 55.2 Å². The Kier molecular flexibility index (Phi) is 5.19. The first kappa shape index (κ1) is 21.2. The van der Waals surface area contributed by atoms with E-state index in [1.54, 1.807) is 21.8 Å². The highest BCUT2D eigenvalue weighted by Crippen LogP contribution is 2.43. The smallest absolute Gasteiger partial charge is 0.248 e. The van der Waals surface area contributed by atoms with E-state index in [-0.39, 0.29) is 18.8 Å². The molecule has 33 heavy (non-hydrogen) atoms. The van der Waals surface area contributed by atoms with Gasteiger partial charge in [-0.1, -0.05) is 18.2 Å². The molecule has 0 aliphatic heterocycles. The summed E-state index contributed by atoms with van der Waals surface area (Å²) in [6.45, 7) is 0.509. The lowest BCUT2D eigenvalue weighted by Gasteiger charge is -2.37. The van der Waals surface area contributed by atoms with E-state index in [4.69, 9.17) is 4.98 Å². The fourth-order valence-electron chi connectivity index (χ4n) is 4.36. The number of benzene rings is 1. The summed E-state index contributed by atoms with van der Waals surface area (Å²) in [6, 6.07) is 7.99. The third-order valence-corrected chi connectivity index (χ3v) is 6.01. The lowest BCUT2D eigenvalue weighted by atomic mass is 9.81. The van der Waals surface area contributed by atoms with Crippen molar-refractivity contribution in [1.82, 2.24) is 29.5 Å². The Morgan fingerprint density at radius 1 is 0.970 bits per heavy atom. The van der Waals surface area contributed by atoms with Gasteiger partial charge in [-0.3, -0.25) is 9.36 Å². The lowest BCUT2D eigenvalue weighted by Crippen LogP contribution is -2.42. The van der Waals surface area contributed by atoms with E-state index in [0.717, 1.165) is 27.8 Å². The van der Waals surface area contributed by atoms with Gasteiger partial charge < -0.3 is 4.90 Å². The molecule has 0 N–H and O–H groups in total. The predicted molar refractivity (Wildman–Crippen MR) is 123 cm³/mol. The molecule has 3 heterocycles. The van der Waals surface area contributed by atoms with Crippen LogP contribution < -0.4 is 4.90 Å². The minimum atomic E-state index is -2.54. The molecule has 3 aromatic heterocycles. The monoisotopic (exact) mass is 449 g/mol. The zero-order valence-electron chi connectivity index (χ0n) is 18.8. The number of halogens is 2. The number of aryl methyl sites for hydroxylation is 2. The van der Waals surface area contributed by atoms with Crippen molar-refractivity contribution < 1.29 is 8.78 Å². The summed E-state index contributed by atoms with van der Waals surface area (Å²) in [4.78, 5) is 11.5. The number of hydrogen-bond donors (Lipinski definition) is 0. The van der Waals surface area contributed by atoms with E-state index >= 15 is 0 Å². The van der Waals surface area contributed by atoms with Crippen LogP contribution in [0.1, 0.15) is 12.8 Å². The standard InChI is InChI=1S/C24H25F2N7/c1-31(13-16-8-24(25,26)9-16)23-21(20-11-29-33(3)15-20)12-27-22(30-23)18-6-4-5-17(7-18)19-10-28-32(2)14-19/h4-7,10-12,14-16H,8-9,13H2,1-3H3. The first-order valence-electron chi connectivity index (χ1n) is 10.8. The number of alkyl halides is 2. The van der Waals surface area contributed by atoms with Gasteiger partial charge >= 0.3 is 0 Å². The van der Waals surface area contributed by atoms with Crippen LogP contribution in [0.2, 0.25) is 0 Å². The van der Waals surface area contributed by atoms with Crippen molar-refractivity contribution in [3.8, 4) is 33.6 Å². The van der Waals surface area contributed by atoms with Crippen molar-refractivity contribution in [2.24, 2.45) is 20.0 Å². The van der Waals surface area contributed by atoms with Gasteiger partial charge in [0.05, 0.1) is 12.4 Å². The third-order valence-electron chi connectivity index (χ3n) is 6.01. The average Bonchev–Trinajstić information content (AvgIpc) is 3.40. The summed E-state index contributed by atoms with van der Waals surface area (Å²) in [6.07, 6.45) is 9.07. The molecule has 0 unspecified atom stereocenters. The highest BCUT2D eigenvalue weighted by atomic mass is 19.3. The Bertz CT molecular complexity index is 1290. The summed E-state index contributed by atoms with van der Waals surface area (Å²) in [5.41, 5.74) is 4.61. The number of rotatable bonds is 6. The Morgan fingerprint density at radius 2 is 1.64 bits per heavy atom. The van der Waals surface area contributed by atoms with Gasteiger partial charge in [0.25, 0.3) is 0 Å². The molecule has 1 fully saturated rings. The van der Waals surface area contributed by atoms with Crippen LogP contribution >= 0.6 is 0 Å². The van der Waals surface area contributed by atoms with Crippen LogP contribution in [-0.2, 0) is 14.1 Å². The van der Waals surface area contributed by atoms with E-state index in [1.807, 2.05) is 68.9 Å². The molecule has 0 saturated heterocycles. The van der Waals surface area contributed by atoms with Crippen LogP contribution in [0.3, 0.4) is 0 Å². The number of anilines is 1. The molecule has 4 aromatic rings. The van der Waals surface area contributed by atoms with Crippen LogP contribution in [0, 0.1) is 5.92 Å². The van der Waals surface area contributed by atoms with Crippen LogP contribution in [-0.4, -0.2) is 49.0 Å². The number of hydrogen-bond acceptors (Lipinski definition) is 5. The van der Waals surface area contributed by atoms with Crippen molar-refractivity contribution in [3.63, 3.8) is 0 Å². The zero-order chi connectivity index (χ0) is 23.2. The molecule has 170 valence electrons. The maximum absolute atomic E-state index is 13.4. The SMILES string of the molecule is CN(CC1CC(F)(F)C1)c1nc(-c2cccc(-c3cnn(C)c3)c2)ncc1-c1cnn(C)c1. The van der Waals surface area contributed by atoms with Crippen LogP contribution in [0.5, 0.6) is 0 Å². The molecule has 1 aliphatic carbocycles. The molecule has 0 radical (unpaired) electrons. The summed E-state index contributed by atoms with van der Waals surface area (Å²) >= 11 is 0. The Morgan fingerprint density at radius 3 is 2.27 bits per heavy atom. The Balaban J connectivity index is 1.51. The van der Waals surface area contributed by atoms with E-state index in [9.17, 15) is 8.78 Å². The first-order chi connectivity index (χ1) is 15.8. The zero-order valence-corrected chi connectivity index (χ0v) is 18.8. The van der Waals surface area contributed by atoms with Gasteiger partial charge in [0, 0.05) is 81.4 Å². The van der Waals surface area contributed by atoms with Crippen molar-refractivity contribution >= 4 is 5.82 Å². The van der Waals surface area contributed by atoms with Crippen molar-refractivity contribution in [2.75, 3.05) is 18.5 Å². The van der Waals surface area contributed by atoms with Crippen molar-refractivity contribution in [2.45, 2.75) is 18.8 Å². The van der Waals surface area contributed by atoms with E-state index in [1.165, 1.54) is 0 Å². The average molecular weight is 450 g/mol. The topological polar surface area (TPSA) is 64.7 Å². The molecule has 1 aromatic carbocycles. The molecular weight excluding hydrogens is 424 g/mol. The molecule has 0 spiro atoms. The summed E-state index contributed by atoms with van der Waals surface area (Å²) in [7, 11) is 5.63. The molecule has 0 atom stereocenters. The molecule has 1 saturated carbocycles. The maximum Gasteiger partial charge on any atom is 0.248 e.